The number of hydrogen-bond acceptors (Lipinski definition) is 16. The number of nitrogens with one attached hydrogen (secondary N) is 11. The number of thioether (sulfide) groups is 1. The minimum absolute atomic E-state index is 0.0114. The van der Waals surface area contributed by atoms with Crippen LogP contribution in [0.25, 0.3) is 0 Å². The van der Waals surface area contributed by atoms with Gasteiger partial charge in [0.05, 0.1) is 19.1 Å². The highest BCUT2D eigenvalue weighted by atomic mass is 32.2. The van der Waals surface area contributed by atoms with E-state index in [-0.39, 0.29) is 51.0 Å². The molecule has 0 fully saturated rings. The van der Waals surface area contributed by atoms with Crippen molar-refractivity contribution >= 4 is 82.7 Å². The number of carbonyl (C=O) groups is 12. The molecule has 96 heavy (non-hydrogen) atoms. The molecule has 0 aliphatic carbocycles. The number of carboxylic acids is 1. The van der Waals surface area contributed by atoms with Crippen LogP contribution in [0.4, 0.5) is 0 Å². The van der Waals surface area contributed by atoms with E-state index in [1.807, 2.05) is 0 Å². The van der Waals surface area contributed by atoms with Crippen molar-refractivity contribution in [2.45, 2.75) is 180 Å². The van der Waals surface area contributed by atoms with E-state index in [0.29, 0.717) is 54.7 Å². The molecule has 3 aromatic rings. The van der Waals surface area contributed by atoms with Crippen molar-refractivity contribution in [3.8, 4) is 0 Å². The van der Waals surface area contributed by atoms with Gasteiger partial charge < -0.3 is 80.8 Å². The molecule has 0 aliphatic rings. The van der Waals surface area contributed by atoms with E-state index in [4.69, 9.17) is 17.2 Å². The fourth-order valence-corrected chi connectivity index (χ4v) is 10.5. The van der Waals surface area contributed by atoms with Gasteiger partial charge in [-0.25, -0.2) is 4.79 Å². The maximum atomic E-state index is 14.5. The van der Waals surface area contributed by atoms with Crippen LogP contribution in [0.3, 0.4) is 0 Å². The Bertz CT molecular complexity index is 2980. The number of carbonyl (C=O) groups excluding carboxylic acids is 11. The zero-order valence-electron chi connectivity index (χ0n) is 56.8. The number of amides is 11. The lowest BCUT2D eigenvalue weighted by Crippen LogP contribution is -2.61. The molecule has 0 radical (unpaired) electrons. The third-order valence-corrected chi connectivity index (χ3v) is 16.4. The van der Waals surface area contributed by atoms with Crippen LogP contribution in [0.15, 0.2) is 91.0 Å². The first kappa shape index (κ1) is 81.8. The molecule has 0 aromatic heterocycles. The van der Waals surface area contributed by atoms with Gasteiger partial charge in [-0.15, -0.1) is 0 Å². The first-order valence-corrected chi connectivity index (χ1v) is 34.3. The summed E-state index contributed by atoms with van der Waals surface area (Å²) in [7, 11) is 0. The lowest BCUT2D eigenvalue weighted by molar-refractivity contribution is -0.142. The van der Waals surface area contributed by atoms with Crippen LogP contribution < -0.4 is 75.7 Å². The Labute approximate surface area is 568 Å². The smallest absolute Gasteiger partial charge is 0.326 e. The summed E-state index contributed by atoms with van der Waals surface area (Å²) >= 11 is 1.40. The number of hydrogen-bond donors (Lipinski definition) is 15. The van der Waals surface area contributed by atoms with Gasteiger partial charge in [-0.05, 0) is 110 Å². The monoisotopic (exact) mass is 1360 g/mol. The highest BCUT2D eigenvalue weighted by Gasteiger charge is 2.36. The summed E-state index contributed by atoms with van der Waals surface area (Å²) in [6, 6.07) is 14.2. The second-order valence-electron chi connectivity index (χ2n) is 25.1. The van der Waals surface area contributed by atoms with Gasteiger partial charge in [0.1, 0.15) is 54.4 Å². The molecule has 530 valence electrons. The molecule has 3 aromatic carbocycles. The lowest BCUT2D eigenvalue weighted by atomic mass is 9.99. The second-order valence-corrected chi connectivity index (χ2v) is 26.1. The number of aliphatic carboxylic acids is 1. The zero-order valence-corrected chi connectivity index (χ0v) is 57.7. The molecule has 0 saturated heterocycles. The maximum Gasteiger partial charge on any atom is 0.326 e. The molecule has 3 rings (SSSR count). The highest BCUT2D eigenvalue weighted by Crippen LogP contribution is 2.14. The van der Waals surface area contributed by atoms with Crippen molar-refractivity contribution in [3.05, 3.63) is 108 Å². The van der Waals surface area contributed by atoms with Crippen molar-refractivity contribution < 1.29 is 62.6 Å². The molecule has 10 atom stereocenters. The Morgan fingerprint density at radius 1 is 0.375 bits per heavy atom. The number of nitrogens with two attached hydrogens (primary N) is 3. The second kappa shape index (κ2) is 43.6. The molecule has 18 N–H and O–H groups in total. The van der Waals surface area contributed by atoms with Crippen molar-refractivity contribution in [2.24, 2.45) is 40.9 Å². The molecular formula is C68H104N14O13S. The normalized spacial score (nSPS) is 14.4. The number of rotatable bonds is 44. The van der Waals surface area contributed by atoms with Gasteiger partial charge in [0.25, 0.3) is 0 Å². The van der Waals surface area contributed by atoms with E-state index in [0.717, 1.165) is 0 Å². The molecule has 0 heterocycles. The Kier molecular flexibility index (Phi) is 37.1. The van der Waals surface area contributed by atoms with Crippen molar-refractivity contribution in [3.63, 3.8) is 0 Å². The zero-order chi connectivity index (χ0) is 71.4. The standard InChI is InChI=1S/C68H104N14O13S/c1-40(2)55(71)64(90)76-47(29-19-21-32-69)60(86)78-50(35-44-23-13-10-14-24-44)59(85)72-39-54(84)80-56(41(3)4)65(91)73-38-53(83)74-51(36-45-25-15-11-16-26-45)63(89)75-48(30-20-22-33-70)61(87)81-57(42(5)6)66(92)77-49(31-34-96-9)62(88)82-58(43(7)8)67(93)79-52(68(94)95)37-46-27-17-12-18-28-46/h10-18,23-28,40-43,47-52,55-58H,19-22,29-39,69-71H2,1-9H3,(H,72,85)(H,73,91)(H,74,83)(H,75,89)(H,76,90)(H,77,92)(H,78,86)(H,79,93)(H,80,84)(H,81,87)(H,82,88)(H,94,95). The largest absolute Gasteiger partial charge is 0.480 e. The van der Waals surface area contributed by atoms with E-state index in [1.54, 1.807) is 153 Å². The van der Waals surface area contributed by atoms with Crippen LogP contribution in [-0.2, 0) is 76.8 Å². The number of benzene rings is 3. The van der Waals surface area contributed by atoms with E-state index in [1.165, 1.54) is 11.8 Å². The molecule has 0 spiro atoms. The number of carboxylic acid groups (broad SMARTS) is 1. The summed E-state index contributed by atoms with van der Waals surface area (Å²) in [4.78, 5) is 165. The third-order valence-electron chi connectivity index (χ3n) is 15.8. The van der Waals surface area contributed by atoms with Crippen LogP contribution in [0.1, 0.15) is 117 Å². The topological polar surface area (TPSA) is 435 Å². The predicted molar refractivity (Wildman–Crippen MR) is 368 cm³/mol. The first-order chi connectivity index (χ1) is 45.6. The molecular weight excluding hydrogens is 1250 g/mol. The summed E-state index contributed by atoms with van der Waals surface area (Å²) < 4.78 is 0. The van der Waals surface area contributed by atoms with Gasteiger partial charge in [-0.1, -0.05) is 146 Å². The van der Waals surface area contributed by atoms with Crippen LogP contribution in [0.5, 0.6) is 0 Å². The van der Waals surface area contributed by atoms with Crippen LogP contribution in [0, 0.1) is 23.7 Å². The van der Waals surface area contributed by atoms with Crippen molar-refractivity contribution in [1.82, 2.24) is 58.5 Å². The van der Waals surface area contributed by atoms with E-state index >= 15 is 0 Å². The van der Waals surface area contributed by atoms with Crippen LogP contribution in [0.2, 0.25) is 0 Å². The van der Waals surface area contributed by atoms with Gasteiger partial charge >= 0.3 is 5.97 Å². The Balaban J connectivity index is 1.77. The van der Waals surface area contributed by atoms with Gasteiger partial charge in [0.2, 0.25) is 65.0 Å². The highest BCUT2D eigenvalue weighted by molar-refractivity contribution is 7.98. The fraction of sp³-hybridized carbons (Fsp3) is 0.559. The molecule has 28 heteroatoms. The SMILES string of the molecule is CSCCC(NC(=O)C(NC(=O)C(CCCCN)NC(=O)C(Cc1ccccc1)NC(=O)CNC(=O)C(NC(=O)CNC(=O)C(Cc1ccccc1)NC(=O)C(CCCCN)NC(=O)C(N)C(C)C)C(C)C)C(C)C)C(=O)NC(C(=O)NC(Cc1ccccc1)C(=O)O)C(C)C. The van der Waals surface area contributed by atoms with Gasteiger partial charge in [-0.3, -0.25) is 52.7 Å². The Morgan fingerprint density at radius 3 is 1.11 bits per heavy atom. The molecule has 0 bridgehead atoms. The average molecular weight is 1360 g/mol. The summed E-state index contributed by atoms with van der Waals surface area (Å²) in [6.45, 7) is 12.8. The van der Waals surface area contributed by atoms with Crippen LogP contribution in [-0.4, -0.2) is 175 Å². The fourth-order valence-electron chi connectivity index (χ4n) is 9.98. The summed E-state index contributed by atoms with van der Waals surface area (Å²) in [5, 5.41) is 39.3. The molecule has 0 saturated carbocycles. The minimum Gasteiger partial charge on any atom is -0.480 e. The lowest BCUT2D eigenvalue weighted by Gasteiger charge is -2.29. The van der Waals surface area contributed by atoms with Crippen LogP contribution >= 0.6 is 11.8 Å². The van der Waals surface area contributed by atoms with E-state index < -0.39 is 162 Å². The summed E-state index contributed by atoms with van der Waals surface area (Å²) in [5.74, 6) is -10.8. The molecule has 11 amide bonds. The summed E-state index contributed by atoms with van der Waals surface area (Å²) in [5.41, 5.74) is 19.6. The Hall–Kier alpha value is -8.47. The van der Waals surface area contributed by atoms with E-state index in [9.17, 15) is 62.6 Å². The van der Waals surface area contributed by atoms with Gasteiger partial charge in [-0.2, -0.15) is 11.8 Å². The number of unbranched alkanes of at least 4 members (excludes halogenated alkanes) is 2. The maximum absolute atomic E-state index is 14.5. The van der Waals surface area contributed by atoms with Gasteiger partial charge in [0, 0.05) is 19.3 Å². The first-order valence-electron chi connectivity index (χ1n) is 32.9. The quantitative estimate of drug-likeness (QED) is 0.0340. The minimum atomic E-state index is -1.33. The summed E-state index contributed by atoms with van der Waals surface area (Å²) in [6.07, 6.45) is 3.99. The van der Waals surface area contributed by atoms with E-state index in [2.05, 4.69) is 58.5 Å². The van der Waals surface area contributed by atoms with Crippen molar-refractivity contribution in [1.29, 1.82) is 0 Å². The van der Waals surface area contributed by atoms with Crippen molar-refractivity contribution in [2.75, 3.05) is 38.2 Å². The predicted octanol–water partition coefficient (Wildman–Crippen LogP) is 0.357. The average Bonchev–Trinajstić information content (AvgIpc) is 1.10. The molecule has 0 aliphatic heterocycles. The molecule has 27 nitrogen and oxygen atoms in total. The van der Waals surface area contributed by atoms with Gasteiger partial charge in [0.15, 0.2) is 0 Å². The third kappa shape index (κ3) is 29.7. The molecule has 10 unspecified atom stereocenters. The Morgan fingerprint density at radius 2 is 0.708 bits per heavy atom.